The Morgan fingerprint density at radius 1 is 1.21 bits per heavy atom. The number of carboxylic acid groups (broad SMARTS) is 1. The highest BCUT2D eigenvalue weighted by Gasteiger charge is 2.35. The number of benzene rings is 2. The Bertz CT molecular complexity index is 1410. The standard InChI is InChI=1S/C24H20ClF2N3O2S/c1-12(2)29-11-14(10-28-29)30-21(13-6-7-13)23(16-8-9-17(25)20(27)22(16)30)33-18-5-3-4-15(19(18)26)24(31)32/h3-5,8-13H,6-7H2,1-2H3,(H,31,32). The van der Waals surface area contributed by atoms with Crippen molar-refractivity contribution in [2.45, 2.75) is 48.4 Å². The topological polar surface area (TPSA) is 60.0 Å². The second kappa shape index (κ2) is 8.18. The van der Waals surface area contributed by atoms with Gasteiger partial charge in [-0.1, -0.05) is 29.4 Å². The van der Waals surface area contributed by atoms with Crippen molar-refractivity contribution in [1.29, 1.82) is 0 Å². The van der Waals surface area contributed by atoms with Gasteiger partial charge in [-0.25, -0.2) is 13.6 Å². The van der Waals surface area contributed by atoms with Crippen LogP contribution in [0.4, 0.5) is 8.78 Å². The lowest BCUT2D eigenvalue weighted by atomic mass is 10.2. The Morgan fingerprint density at radius 3 is 2.61 bits per heavy atom. The number of rotatable bonds is 6. The average Bonchev–Trinajstić information content (AvgIpc) is 3.39. The molecule has 2 heterocycles. The van der Waals surface area contributed by atoms with Crippen molar-refractivity contribution in [1.82, 2.24) is 14.3 Å². The predicted octanol–water partition coefficient (Wildman–Crippen LogP) is 7.07. The van der Waals surface area contributed by atoms with Crippen molar-refractivity contribution in [3.8, 4) is 5.69 Å². The molecule has 0 bridgehead atoms. The number of hydrogen-bond donors (Lipinski definition) is 1. The molecule has 2 aromatic heterocycles. The molecule has 0 radical (unpaired) electrons. The first-order valence-corrected chi connectivity index (χ1v) is 11.7. The van der Waals surface area contributed by atoms with E-state index in [4.69, 9.17) is 11.6 Å². The predicted molar refractivity (Wildman–Crippen MR) is 124 cm³/mol. The van der Waals surface area contributed by atoms with E-state index >= 15 is 8.78 Å². The van der Waals surface area contributed by atoms with Crippen molar-refractivity contribution in [2.24, 2.45) is 0 Å². The average molecular weight is 488 g/mol. The normalized spacial score (nSPS) is 13.9. The zero-order valence-corrected chi connectivity index (χ0v) is 19.4. The summed E-state index contributed by atoms with van der Waals surface area (Å²) in [7, 11) is 0. The second-order valence-electron chi connectivity index (χ2n) is 8.38. The molecule has 1 aliphatic carbocycles. The summed E-state index contributed by atoms with van der Waals surface area (Å²) in [5.41, 5.74) is 1.47. The maximum atomic E-state index is 15.4. The van der Waals surface area contributed by atoms with Crippen LogP contribution in [0.15, 0.2) is 52.5 Å². The van der Waals surface area contributed by atoms with E-state index in [0.717, 1.165) is 30.3 Å². The largest absolute Gasteiger partial charge is 0.478 e. The van der Waals surface area contributed by atoms with E-state index in [0.29, 0.717) is 21.5 Å². The number of carboxylic acids is 1. The molecule has 0 atom stereocenters. The highest BCUT2D eigenvalue weighted by Crippen LogP contribution is 2.51. The van der Waals surface area contributed by atoms with E-state index < -0.39 is 23.2 Å². The maximum absolute atomic E-state index is 15.4. The summed E-state index contributed by atoms with van der Waals surface area (Å²) in [5.74, 6) is -2.52. The first-order valence-electron chi connectivity index (χ1n) is 10.5. The van der Waals surface area contributed by atoms with E-state index in [2.05, 4.69) is 5.10 Å². The van der Waals surface area contributed by atoms with Gasteiger partial charge in [0.05, 0.1) is 28.0 Å². The Kier molecular flexibility index (Phi) is 5.45. The van der Waals surface area contributed by atoms with Gasteiger partial charge in [-0.3, -0.25) is 4.68 Å². The molecular formula is C24H20ClF2N3O2S. The molecule has 0 saturated heterocycles. The molecule has 0 amide bonds. The third-order valence-corrected chi connectivity index (χ3v) is 7.22. The molecule has 0 spiro atoms. The Morgan fingerprint density at radius 2 is 1.97 bits per heavy atom. The first kappa shape index (κ1) is 22.0. The van der Waals surface area contributed by atoms with Crippen LogP contribution >= 0.6 is 23.4 Å². The van der Waals surface area contributed by atoms with Gasteiger partial charge < -0.3 is 9.67 Å². The third kappa shape index (κ3) is 3.71. The summed E-state index contributed by atoms with van der Waals surface area (Å²) in [6, 6.07) is 7.63. The maximum Gasteiger partial charge on any atom is 0.338 e. The number of aromatic carboxylic acids is 1. The van der Waals surface area contributed by atoms with Crippen LogP contribution in [0.3, 0.4) is 0 Å². The zero-order valence-electron chi connectivity index (χ0n) is 17.8. The molecule has 9 heteroatoms. The summed E-state index contributed by atoms with van der Waals surface area (Å²) in [4.78, 5) is 12.3. The first-order chi connectivity index (χ1) is 15.8. The van der Waals surface area contributed by atoms with Crippen molar-refractivity contribution in [2.75, 3.05) is 0 Å². The van der Waals surface area contributed by atoms with Gasteiger partial charge >= 0.3 is 5.97 Å². The van der Waals surface area contributed by atoms with Gasteiger partial charge in [-0.15, -0.1) is 0 Å². The van der Waals surface area contributed by atoms with E-state index in [1.54, 1.807) is 16.9 Å². The van der Waals surface area contributed by atoms with Crippen LogP contribution < -0.4 is 0 Å². The summed E-state index contributed by atoms with van der Waals surface area (Å²) >= 11 is 7.28. The van der Waals surface area contributed by atoms with Crippen LogP contribution in [0.2, 0.25) is 5.02 Å². The lowest BCUT2D eigenvalue weighted by molar-refractivity contribution is 0.0691. The highest BCUT2D eigenvalue weighted by molar-refractivity contribution is 7.99. The Labute approximate surface area is 198 Å². The van der Waals surface area contributed by atoms with Gasteiger partial charge in [0, 0.05) is 39.0 Å². The molecule has 1 N–H and O–H groups in total. The molecule has 1 fully saturated rings. The minimum absolute atomic E-state index is 0.00421. The third-order valence-electron chi connectivity index (χ3n) is 5.76. The lowest BCUT2D eigenvalue weighted by Gasteiger charge is -2.11. The highest BCUT2D eigenvalue weighted by atomic mass is 35.5. The second-order valence-corrected chi connectivity index (χ2v) is 9.84. The summed E-state index contributed by atoms with van der Waals surface area (Å²) in [6.07, 6.45) is 5.40. The van der Waals surface area contributed by atoms with Crippen molar-refractivity contribution in [3.63, 3.8) is 0 Å². The molecular weight excluding hydrogens is 468 g/mol. The van der Waals surface area contributed by atoms with Crippen LogP contribution in [0.1, 0.15) is 54.7 Å². The number of nitrogens with zero attached hydrogens (tertiary/aromatic N) is 3. The summed E-state index contributed by atoms with van der Waals surface area (Å²) in [5, 5.41) is 14.3. The quantitative estimate of drug-likeness (QED) is 0.316. The van der Waals surface area contributed by atoms with E-state index in [-0.39, 0.29) is 21.9 Å². The number of carbonyl (C=O) groups is 1. The van der Waals surface area contributed by atoms with Crippen LogP contribution in [0, 0.1) is 11.6 Å². The minimum atomic E-state index is -1.33. The van der Waals surface area contributed by atoms with Crippen molar-refractivity contribution < 1.29 is 18.7 Å². The molecule has 2 aromatic carbocycles. The SMILES string of the molecule is CC(C)n1cc(-n2c(C3CC3)c(Sc3cccc(C(=O)O)c3F)c3ccc(Cl)c(F)c32)cn1. The fourth-order valence-corrected chi connectivity index (χ4v) is 5.35. The molecule has 4 aromatic rings. The zero-order chi connectivity index (χ0) is 23.4. The molecule has 1 saturated carbocycles. The molecule has 0 aliphatic heterocycles. The summed E-state index contributed by atoms with van der Waals surface area (Å²) in [6.45, 7) is 4.01. The monoisotopic (exact) mass is 487 g/mol. The molecule has 33 heavy (non-hydrogen) atoms. The lowest BCUT2D eigenvalue weighted by Crippen LogP contribution is -2.02. The van der Waals surface area contributed by atoms with Gasteiger partial charge in [0.15, 0.2) is 11.6 Å². The van der Waals surface area contributed by atoms with Gasteiger partial charge in [0.1, 0.15) is 0 Å². The van der Waals surface area contributed by atoms with E-state index in [1.165, 1.54) is 24.3 Å². The molecule has 5 nitrogen and oxygen atoms in total. The fraction of sp³-hybridized carbons (Fsp3) is 0.250. The van der Waals surface area contributed by atoms with Gasteiger partial charge in [0.2, 0.25) is 0 Å². The molecule has 1 aliphatic rings. The molecule has 170 valence electrons. The van der Waals surface area contributed by atoms with E-state index in [9.17, 15) is 9.90 Å². The van der Waals surface area contributed by atoms with Crippen molar-refractivity contribution >= 4 is 40.2 Å². The number of fused-ring (bicyclic) bond motifs is 1. The number of hydrogen-bond acceptors (Lipinski definition) is 3. The van der Waals surface area contributed by atoms with Crippen LogP contribution in [-0.2, 0) is 0 Å². The van der Waals surface area contributed by atoms with E-state index in [1.807, 2.05) is 24.6 Å². The van der Waals surface area contributed by atoms with Crippen LogP contribution in [-0.4, -0.2) is 25.4 Å². The minimum Gasteiger partial charge on any atom is -0.478 e. The fourth-order valence-electron chi connectivity index (χ4n) is 3.99. The van der Waals surface area contributed by atoms with Gasteiger partial charge in [-0.2, -0.15) is 5.10 Å². The molecule has 5 rings (SSSR count). The van der Waals surface area contributed by atoms with Crippen molar-refractivity contribution in [3.05, 3.63) is 70.6 Å². The summed E-state index contributed by atoms with van der Waals surface area (Å²) < 4.78 is 34.1. The smallest absolute Gasteiger partial charge is 0.338 e. The number of halogens is 3. The van der Waals surface area contributed by atoms with Gasteiger partial charge in [0.25, 0.3) is 0 Å². The van der Waals surface area contributed by atoms with Crippen LogP contribution in [0.5, 0.6) is 0 Å². The number of aromatic nitrogens is 3. The molecule has 0 unspecified atom stereocenters. The Balaban J connectivity index is 1.78. The van der Waals surface area contributed by atoms with Crippen LogP contribution in [0.25, 0.3) is 16.6 Å². The van der Waals surface area contributed by atoms with Gasteiger partial charge in [-0.05, 0) is 51.0 Å². The Hall–Kier alpha value is -2.84.